The van der Waals surface area contributed by atoms with E-state index >= 15 is 0 Å². The third-order valence-corrected chi connectivity index (χ3v) is 2.98. The normalized spacial score (nSPS) is 23.6. The zero-order chi connectivity index (χ0) is 13.7. The van der Waals surface area contributed by atoms with Crippen LogP contribution in [0, 0.1) is 0 Å². The molecule has 0 aromatic rings. The van der Waals surface area contributed by atoms with Crippen molar-refractivity contribution in [3.8, 4) is 0 Å². The van der Waals surface area contributed by atoms with Crippen molar-refractivity contribution in [2.75, 3.05) is 13.7 Å². The fourth-order valence-electron chi connectivity index (χ4n) is 2.05. The monoisotopic (exact) mass is 257 g/mol. The van der Waals surface area contributed by atoms with E-state index in [-0.39, 0.29) is 11.9 Å². The first-order chi connectivity index (χ1) is 8.47. The SMILES string of the molecule is CON=C1CCCN(C(=O)C(C)NC(=O)O)C1C. The van der Waals surface area contributed by atoms with Crippen LogP contribution in [0.4, 0.5) is 4.79 Å². The maximum atomic E-state index is 12.1. The first-order valence-electron chi connectivity index (χ1n) is 5.87. The maximum absolute atomic E-state index is 12.1. The van der Waals surface area contributed by atoms with Gasteiger partial charge in [-0.15, -0.1) is 0 Å². The van der Waals surface area contributed by atoms with Gasteiger partial charge in [-0.3, -0.25) is 4.79 Å². The quantitative estimate of drug-likeness (QED) is 0.726. The van der Waals surface area contributed by atoms with Crippen LogP contribution in [-0.4, -0.2) is 53.5 Å². The lowest BCUT2D eigenvalue weighted by atomic mass is 10.0. The van der Waals surface area contributed by atoms with Crippen molar-refractivity contribution in [3.63, 3.8) is 0 Å². The average molecular weight is 257 g/mol. The molecule has 0 spiro atoms. The molecule has 7 nitrogen and oxygen atoms in total. The second kappa shape index (κ2) is 6.23. The number of nitrogens with one attached hydrogen (secondary N) is 1. The minimum atomic E-state index is -1.20. The van der Waals surface area contributed by atoms with E-state index in [1.807, 2.05) is 6.92 Å². The summed E-state index contributed by atoms with van der Waals surface area (Å²) in [4.78, 5) is 29.0. The van der Waals surface area contributed by atoms with Gasteiger partial charge in [0.25, 0.3) is 0 Å². The Hall–Kier alpha value is -1.79. The highest BCUT2D eigenvalue weighted by Gasteiger charge is 2.31. The Kier molecular flexibility index (Phi) is 4.94. The summed E-state index contributed by atoms with van der Waals surface area (Å²) in [6.07, 6.45) is 0.392. The third-order valence-electron chi connectivity index (χ3n) is 2.98. The summed E-state index contributed by atoms with van der Waals surface area (Å²) < 4.78 is 0. The van der Waals surface area contributed by atoms with E-state index in [2.05, 4.69) is 10.5 Å². The molecule has 0 aromatic heterocycles. The van der Waals surface area contributed by atoms with Crippen molar-refractivity contribution in [3.05, 3.63) is 0 Å². The highest BCUT2D eigenvalue weighted by atomic mass is 16.6. The highest BCUT2D eigenvalue weighted by molar-refractivity contribution is 5.95. The molecule has 7 heteroatoms. The van der Waals surface area contributed by atoms with Gasteiger partial charge in [-0.1, -0.05) is 5.16 Å². The van der Waals surface area contributed by atoms with E-state index in [4.69, 9.17) is 9.94 Å². The number of amides is 2. The lowest BCUT2D eigenvalue weighted by molar-refractivity contribution is -0.134. The van der Waals surface area contributed by atoms with E-state index in [0.717, 1.165) is 18.6 Å². The minimum absolute atomic E-state index is 0.163. The zero-order valence-electron chi connectivity index (χ0n) is 10.8. The smallest absolute Gasteiger partial charge is 0.405 e. The van der Waals surface area contributed by atoms with Gasteiger partial charge in [0.1, 0.15) is 13.2 Å². The average Bonchev–Trinajstić information content (AvgIpc) is 2.30. The number of hydrogen-bond donors (Lipinski definition) is 2. The predicted octanol–water partition coefficient (Wildman–Crippen LogP) is 0.656. The number of carbonyl (C=O) groups excluding carboxylic acids is 1. The van der Waals surface area contributed by atoms with Crippen molar-refractivity contribution in [2.24, 2.45) is 5.16 Å². The van der Waals surface area contributed by atoms with Gasteiger partial charge in [0.15, 0.2) is 0 Å². The molecule has 2 N–H and O–H groups in total. The standard InChI is InChI=1S/C11H19N3O4/c1-7(12-11(16)17)10(15)14-6-4-5-9(8(14)2)13-18-3/h7-8,12H,4-6H2,1-3H3,(H,16,17). The molecule has 2 unspecified atom stereocenters. The summed E-state index contributed by atoms with van der Waals surface area (Å²) in [5.74, 6) is -0.242. The summed E-state index contributed by atoms with van der Waals surface area (Å²) in [6.45, 7) is 4.00. The number of nitrogens with zero attached hydrogens (tertiary/aromatic N) is 2. The van der Waals surface area contributed by atoms with Gasteiger partial charge in [0, 0.05) is 6.54 Å². The Labute approximate surface area is 106 Å². The van der Waals surface area contributed by atoms with Crippen molar-refractivity contribution in [2.45, 2.75) is 38.8 Å². The van der Waals surface area contributed by atoms with Gasteiger partial charge >= 0.3 is 6.09 Å². The summed E-state index contributed by atoms with van der Waals surface area (Å²) in [5.41, 5.74) is 0.805. The molecule has 1 rings (SSSR count). The molecule has 18 heavy (non-hydrogen) atoms. The fourth-order valence-corrected chi connectivity index (χ4v) is 2.05. The molecule has 0 aromatic carbocycles. The van der Waals surface area contributed by atoms with Crippen LogP contribution >= 0.6 is 0 Å². The molecule has 0 aliphatic carbocycles. The van der Waals surface area contributed by atoms with Crippen molar-refractivity contribution in [1.82, 2.24) is 10.2 Å². The van der Waals surface area contributed by atoms with E-state index in [0.29, 0.717) is 6.54 Å². The number of hydrogen-bond acceptors (Lipinski definition) is 4. The van der Waals surface area contributed by atoms with Crippen LogP contribution in [0.5, 0.6) is 0 Å². The molecule has 2 amide bonds. The Bertz CT molecular complexity index is 356. The van der Waals surface area contributed by atoms with Crippen molar-refractivity contribution >= 4 is 17.7 Å². The Balaban J connectivity index is 2.72. The predicted molar refractivity (Wildman–Crippen MR) is 65.5 cm³/mol. The number of oxime groups is 1. The van der Waals surface area contributed by atoms with Gasteiger partial charge in [-0.2, -0.15) is 0 Å². The Morgan fingerprint density at radius 3 is 2.83 bits per heavy atom. The van der Waals surface area contributed by atoms with Gasteiger partial charge in [0.2, 0.25) is 5.91 Å². The first kappa shape index (κ1) is 14.3. The second-order valence-electron chi connectivity index (χ2n) is 4.25. The summed E-state index contributed by atoms with van der Waals surface area (Å²) >= 11 is 0. The molecule has 1 saturated heterocycles. The van der Waals surface area contributed by atoms with Crippen LogP contribution < -0.4 is 5.32 Å². The molecule has 1 heterocycles. The van der Waals surface area contributed by atoms with Gasteiger partial charge in [-0.25, -0.2) is 4.79 Å². The topological polar surface area (TPSA) is 91.2 Å². The fraction of sp³-hybridized carbons (Fsp3) is 0.727. The van der Waals surface area contributed by atoms with Gasteiger partial charge in [-0.05, 0) is 26.7 Å². The van der Waals surface area contributed by atoms with Crippen molar-refractivity contribution in [1.29, 1.82) is 0 Å². The third kappa shape index (κ3) is 3.35. The molecule has 1 aliphatic heterocycles. The van der Waals surface area contributed by atoms with E-state index < -0.39 is 12.1 Å². The number of carboxylic acid groups (broad SMARTS) is 1. The van der Waals surface area contributed by atoms with Crippen LogP contribution in [-0.2, 0) is 9.63 Å². The molecule has 2 atom stereocenters. The summed E-state index contributed by atoms with van der Waals surface area (Å²) in [5, 5.41) is 14.7. The number of carbonyl (C=O) groups is 2. The molecular weight excluding hydrogens is 238 g/mol. The molecule has 0 saturated carbocycles. The lowest BCUT2D eigenvalue weighted by Crippen LogP contribution is -2.54. The maximum Gasteiger partial charge on any atom is 0.405 e. The van der Waals surface area contributed by atoms with E-state index in [1.54, 1.807) is 4.90 Å². The van der Waals surface area contributed by atoms with Crippen LogP contribution in [0.25, 0.3) is 0 Å². The Morgan fingerprint density at radius 1 is 1.61 bits per heavy atom. The molecular formula is C11H19N3O4. The molecule has 1 fully saturated rings. The van der Waals surface area contributed by atoms with E-state index in [9.17, 15) is 9.59 Å². The second-order valence-corrected chi connectivity index (χ2v) is 4.25. The molecule has 102 valence electrons. The van der Waals surface area contributed by atoms with Crippen LogP contribution in [0.15, 0.2) is 5.16 Å². The lowest BCUT2D eigenvalue weighted by Gasteiger charge is -2.35. The Morgan fingerprint density at radius 2 is 2.28 bits per heavy atom. The van der Waals surface area contributed by atoms with Gasteiger partial charge in [0.05, 0.1) is 11.8 Å². The largest absolute Gasteiger partial charge is 0.465 e. The summed E-state index contributed by atoms with van der Waals surface area (Å²) in [6, 6.07) is -0.920. The number of likely N-dealkylation sites (tertiary alicyclic amines) is 1. The molecule has 0 bridgehead atoms. The minimum Gasteiger partial charge on any atom is -0.465 e. The van der Waals surface area contributed by atoms with Crippen LogP contribution in [0.2, 0.25) is 0 Å². The molecule has 1 aliphatic rings. The van der Waals surface area contributed by atoms with Crippen LogP contribution in [0.1, 0.15) is 26.7 Å². The first-order valence-corrected chi connectivity index (χ1v) is 5.87. The zero-order valence-corrected chi connectivity index (χ0v) is 10.8. The number of rotatable bonds is 3. The highest BCUT2D eigenvalue weighted by Crippen LogP contribution is 2.16. The number of piperidine rings is 1. The van der Waals surface area contributed by atoms with Gasteiger partial charge < -0.3 is 20.2 Å². The molecule has 0 radical (unpaired) electrons. The summed E-state index contributed by atoms with van der Waals surface area (Å²) in [7, 11) is 1.47. The van der Waals surface area contributed by atoms with E-state index in [1.165, 1.54) is 14.0 Å². The van der Waals surface area contributed by atoms with Crippen LogP contribution in [0.3, 0.4) is 0 Å². The van der Waals surface area contributed by atoms with Crippen molar-refractivity contribution < 1.29 is 19.5 Å².